The van der Waals surface area contributed by atoms with Crippen LogP contribution in [0.2, 0.25) is 0 Å². The van der Waals surface area contributed by atoms with Gasteiger partial charge in [0, 0.05) is 58.2 Å². The van der Waals surface area contributed by atoms with Crippen LogP contribution in [0.5, 0.6) is 5.75 Å². The maximum absolute atomic E-state index is 5.65. The Hall–Kier alpha value is -4.00. The molecule has 0 radical (unpaired) electrons. The number of rotatable bonds is 8. The average Bonchev–Trinajstić information content (AvgIpc) is 3.40. The van der Waals surface area contributed by atoms with E-state index in [1.54, 1.807) is 0 Å². The Balaban J connectivity index is 1.27. The fraction of sp³-hybridized carbons (Fsp3) is 0.200. The number of anilines is 3. The first-order chi connectivity index (χ1) is 15.7. The van der Waals surface area contributed by atoms with Crippen molar-refractivity contribution in [2.75, 3.05) is 23.8 Å². The number of aromatic nitrogens is 4. The molecule has 0 amide bonds. The minimum absolute atomic E-state index is 0.616. The molecule has 3 heterocycles. The van der Waals surface area contributed by atoms with Gasteiger partial charge in [-0.2, -0.15) is 4.98 Å². The molecule has 32 heavy (non-hydrogen) atoms. The number of nitrogens with zero attached hydrogens (tertiary/aromatic N) is 2. The van der Waals surface area contributed by atoms with Crippen molar-refractivity contribution in [2.24, 2.45) is 0 Å². The highest BCUT2D eigenvalue weighted by molar-refractivity contribution is 5.85. The number of nitrogens with one attached hydrogen (secondary N) is 4. The highest BCUT2D eigenvalue weighted by Crippen LogP contribution is 2.25. The Morgan fingerprint density at radius 3 is 2.78 bits per heavy atom. The second-order valence-corrected chi connectivity index (χ2v) is 7.75. The van der Waals surface area contributed by atoms with E-state index < -0.39 is 0 Å². The zero-order valence-corrected chi connectivity index (χ0v) is 18.2. The Morgan fingerprint density at radius 1 is 0.969 bits per heavy atom. The average molecular weight is 427 g/mol. The van der Waals surface area contributed by atoms with E-state index in [2.05, 4.69) is 67.1 Å². The summed E-state index contributed by atoms with van der Waals surface area (Å²) in [5, 5.41) is 9.10. The van der Waals surface area contributed by atoms with Crippen LogP contribution in [0.25, 0.3) is 21.8 Å². The van der Waals surface area contributed by atoms with Crippen LogP contribution in [0.3, 0.4) is 0 Å². The Morgan fingerprint density at radius 2 is 1.88 bits per heavy atom. The minimum atomic E-state index is 0.616. The number of fused-ring (bicyclic) bond motifs is 2. The summed E-state index contributed by atoms with van der Waals surface area (Å²) in [4.78, 5) is 15.7. The number of H-pyrrole nitrogens is 2. The fourth-order valence-electron chi connectivity index (χ4n) is 3.92. The lowest BCUT2D eigenvalue weighted by atomic mass is 10.1. The number of ether oxygens (including phenoxy) is 1. The molecule has 0 spiro atoms. The van der Waals surface area contributed by atoms with E-state index in [0.717, 1.165) is 52.3 Å². The molecule has 5 rings (SSSR count). The van der Waals surface area contributed by atoms with Gasteiger partial charge in [-0.15, -0.1) is 0 Å². The van der Waals surface area contributed by atoms with Crippen molar-refractivity contribution < 1.29 is 4.74 Å². The summed E-state index contributed by atoms with van der Waals surface area (Å²) in [5.41, 5.74) is 5.36. The van der Waals surface area contributed by atoms with Gasteiger partial charge in [0.25, 0.3) is 0 Å². The van der Waals surface area contributed by atoms with Gasteiger partial charge < -0.3 is 25.3 Å². The van der Waals surface area contributed by atoms with Crippen LogP contribution in [0.15, 0.2) is 60.9 Å². The molecule has 3 aromatic heterocycles. The smallest absolute Gasteiger partial charge is 0.224 e. The van der Waals surface area contributed by atoms with Gasteiger partial charge in [0.05, 0.1) is 6.61 Å². The molecule has 0 atom stereocenters. The van der Waals surface area contributed by atoms with E-state index >= 15 is 0 Å². The summed E-state index contributed by atoms with van der Waals surface area (Å²) in [6.45, 7) is 5.36. The molecule has 0 saturated heterocycles. The summed E-state index contributed by atoms with van der Waals surface area (Å²) in [7, 11) is 0. The third-order valence-electron chi connectivity index (χ3n) is 5.41. The SMILES string of the molecule is CCOc1ccc2[nH]cc(CCNc3nc(C)cc(Nc4ccc5[nH]ccc5c4)n3)c2c1. The number of hydrogen-bond acceptors (Lipinski definition) is 5. The first-order valence-corrected chi connectivity index (χ1v) is 10.8. The molecule has 0 unspecified atom stereocenters. The fourth-order valence-corrected chi connectivity index (χ4v) is 3.92. The molecule has 0 saturated carbocycles. The van der Waals surface area contributed by atoms with Crippen LogP contribution < -0.4 is 15.4 Å². The molecule has 0 fully saturated rings. The van der Waals surface area contributed by atoms with E-state index in [9.17, 15) is 0 Å². The summed E-state index contributed by atoms with van der Waals surface area (Å²) >= 11 is 0. The van der Waals surface area contributed by atoms with Crippen LogP contribution in [0.4, 0.5) is 17.5 Å². The first-order valence-electron chi connectivity index (χ1n) is 10.8. The van der Waals surface area contributed by atoms with Crippen molar-refractivity contribution in [3.8, 4) is 5.75 Å². The lowest BCUT2D eigenvalue weighted by Crippen LogP contribution is -2.09. The van der Waals surface area contributed by atoms with Crippen LogP contribution in [0.1, 0.15) is 18.2 Å². The maximum Gasteiger partial charge on any atom is 0.224 e. The predicted molar refractivity (Wildman–Crippen MR) is 130 cm³/mol. The Kier molecular flexibility index (Phi) is 5.37. The van der Waals surface area contributed by atoms with E-state index in [-0.39, 0.29) is 0 Å². The highest BCUT2D eigenvalue weighted by Gasteiger charge is 2.07. The van der Waals surface area contributed by atoms with Gasteiger partial charge in [0.2, 0.25) is 5.95 Å². The molecule has 7 heteroatoms. The standard InChI is InChI=1S/C25H26N6O/c1-3-32-20-5-7-23-21(14-20)18(15-28-23)9-11-27-25-29-16(2)12-24(31-25)30-19-4-6-22-17(13-19)8-10-26-22/h4-8,10,12-15,26,28H,3,9,11H2,1-2H3,(H2,27,29,30,31). The normalized spacial score (nSPS) is 11.2. The van der Waals surface area contributed by atoms with Gasteiger partial charge in [-0.3, -0.25) is 0 Å². The molecular formula is C25H26N6O. The molecule has 5 aromatic rings. The third-order valence-corrected chi connectivity index (χ3v) is 5.41. The van der Waals surface area contributed by atoms with E-state index in [1.165, 1.54) is 10.9 Å². The van der Waals surface area contributed by atoms with Crippen molar-refractivity contribution >= 4 is 39.3 Å². The highest BCUT2D eigenvalue weighted by atomic mass is 16.5. The number of aromatic amines is 2. The summed E-state index contributed by atoms with van der Waals surface area (Å²) in [6.07, 6.45) is 4.85. The van der Waals surface area contributed by atoms with Crippen molar-refractivity contribution in [3.05, 3.63) is 72.2 Å². The van der Waals surface area contributed by atoms with Gasteiger partial charge in [0.1, 0.15) is 11.6 Å². The minimum Gasteiger partial charge on any atom is -0.494 e. The number of hydrogen-bond donors (Lipinski definition) is 4. The van der Waals surface area contributed by atoms with Crippen LogP contribution in [-0.4, -0.2) is 33.1 Å². The largest absolute Gasteiger partial charge is 0.494 e. The second kappa shape index (κ2) is 8.63. The van der Waals surface area contributed by atoms with Crippen LogP contribution >= 0.6 is 0 Å². The lowest BCUT2D eigenvalue weighted by molar-refractivity contribution is 0.340. The molecule has 4 N–H and O–H groups in total. The monoisotopic (exact) mass is 426 g/mol. The van der Waals surface area contributed by atoms with E-state index in [0.29, 0.717) is 12.6 Å². The van der Waals surface area contributed by atoms with Gasteiger partial charge in [-0.05, 0) is 68.3 Å². The van der Waals surface area contributed by atoms with E-state index in [4.69, 9.17) is 4.74 Å². The Bertz CT molecular complexity index is 1370. The molecule has 0 aliphatic heterocycles. The lowest BCUT2D eigenvalue weighted by Gasteiger charge is -2.10. The van der Waals surface area contributed by atoms with E-state index in [1.807, 2.05) is 38.2 Å². The maximum atomic E-state index is 5.65. The second-order valence-electron chi connectivity index (χ2n) is 7.75. The molecule has 0 aliphatic rings. The quantitative estimate of drug-likeness (QED) is 0.261. The topological polar surface area (TPSA) is 90.6 Å². The molecule has 162 valence electrons. The zero-order valence-electron chi connectivity index (χ0n) is 18.2. The first kappa shape index (κ1) is 19.9. The molecular weight excluding hydrogens is 400 g/mol. The molecule has 0 bridgehead atoms. The van der Waals surface area contributed by atoms with Crippen molar-refractivity contribution in [1.29, 1.82) is 0 Å². The Labute approximate surface area is 186 Å². The van der Waals surface area contributed by atoms with Crippen molar-refractivity contribution in [3.63, 3.8) is 0 Å². The van der Waals surface area contributed by atoms with Crippen molar-refractivity contribution in [2.45, 2.75) is 20.3 Å². The van der Waals surface area contributed by atoms with Crippen LogP contribution in [-0.2, 0) is 6.42 Å². The van der Waals surface area contributed by atoms with Gasteiger partial charge in [-0.25, -0.2) is 4.98 Å². The third kappa shape index (κ3) is 4.23. The van der Waals surface area contributed by atoms with Gasteiger partial charge in [0.15, 0.2) is 0 Å². The molecule has 0 aliphatic carbocycles. The molecule has 2 aromatic carbocycles. The van der Waals surface area contributed by atoms with Gasteiger partial charge >= 0.3 is 0 Å². The summed E-state index contributed by atoms with van der Waals surface area (Å²) in [5.74, 6) is 2.28. The number of benzene rings is 2. The summed E-state index contributed by atoms with van der Waals surface area (Å²) in [6, 6.07) is 16.3. The van der Waals surface area contributed by atoms with Crippen LogP contribution in [0, 0.1) is 6.92 Å². The van der Waals surface area contributed by atoms with Gasteiger partial charge in [-0.1, -0.05) is 0 Å². The molecule has 7 nitrogen and oxygen atoms in total. The summed E-state index contributed by atoms with van der Waals surface area (Å²) < 4.78 is 5.65. The number of aryl methyl sites for hydroxylation is 1. The van der Waals surface area contributed by atoms with Crippen molar-refractivity contribution in [1.82, 2.24) is 19.9 Å². The zero-order chi connectivity index (χ0) is 21.9. The predicted octanol–water partition coefficient (Wildman–Crippen LogP) is 5.54.